The first-order chi connectivity index (χ1) is 17.7. The number of hydrogen-bond acceptors (Lipinski definition) is 5. The number of aromatic nitrogens is 4. The van der Waals surface area contributed by atoms with Crippen LogP contribution in [-0.4, -0.2) is 44.1 Å². The summed E-state index contributed by atoms with van der Waals surface area (Å²) in [7, 11) is 1.55. The maximum absolute atomic E-state index is 13.6. The molecule has 0 saturated carbocycles. The highest BCUT2D eigenvalue weighted by atomic mass is 19.4. The van der Waals surface area contributed by atoms with Crippen LogP contribution in [0, 0.1) is 0 Å². The van der Waals surface area contributed by atoms with Gasteiger partial charge in [-0.15, -0.1) is 0 Å². The third-order valence-electron chi connectivity index (χ3n) is 6.46. The quantitative estimate of drug-likeness (QED) is 0.430. The maximum atomic E-state index is 13.6. The van der Waals surface area contributed by atoms with Crippen molar-refractivity contribution >= 4 is 22.4 Å². The first-order valence-electron chi connectivity index (χ1n) is 11.6. The Morgan fingerprint density at radius 1 is 1.14 bits per heavy atom. The Bertz CT molecular complexity index is 1590. The van der Waals surface area contributed by atoms with Crippen molar-refractivity contribution in [3.8, 4) is 0 Å². The van der Waals surface area contributed by atoms with E-state index in [0.717, 1.165) is 15.5 Å². The zero-order chi connectivity index (χ0) is 26.3. The van der Waals surface area contributed by atoms with Crippen molar-refractivity contribution in [2.45, 2.75) is 25.7 Å². The van der Waals surface area contributed by atoms with Gasteiger partial charge in [0.05, 0.1) is 29.0 Å². The summed E-state index contributed by atoms with van der Waals surface area (Å²) in [6.07, 6.45) is -4.24. The molecule has 0 radical (unpaired) electrons. The van der Waals surface area contributed by atoms with E-state index in [-0.39, 0.29) is 48.2 Å². The summed E-state index contributed by atoms with van der Waals surface area (Å²) in [6.45, 7) is 3.80. The fourth-order valence-corrected chi connectivity index (χ4v) is 4.61. The SMILES string of the molecule is C=C(NC)c1nc(C(F)(F)F)n2c1CN(C(=O)c1cccc(Cc3n[nH]c(=O)c4ccccc34)c1)CC2. The Kier molecular flexibility index (Phi) is 6.06. The number of rotatable bonds is 5. The number of aromatic amines is 1. The number of nitrogens with one attached hydrogen (secondary N) is 2. The summed E-state index contributed by atoms with van der Waals surface area (Å²) in [6, 6.07) is 14.2. The van der Waals surface area contributed by atoms with E-state index < -0.39 is 12.0 Å². The van der Waals surface area contributed by atoms with Crippen molar-refractivity contribution in [2.24, 2.45) is 0 Å². The highest BCUT2D eigenvalue weighted by Crippen LogP contribution is 2.34. The molecule has 8 nitrogen and oxygen atoms in total. The second-order valence-electron chi connectivity index (χ2n) is 8.76. The lowest BCUT2D eigenvalue weighted by Gasteiger charge is -2.30. The van der Waals surface area contributed by atoms with Crippen LogP contribution in [0.2, 0.25) is 0 Å². The highest BCUT2D eigenvalue weighted by Gasteiger charge is 2.41. The second-order valence-corrected chi connectivity index (χ2v) is 8.76. The Morgan fingerprint density at radius 3 is 2.62 bits per heavy atom. The topological polar surface area (TPSA) is 95.9 Å². The number of carbonyl (C=O) groups excluding carboxylic acids is 1. The first-order valence-corrected chi connectivity index (χ1v) is 11.6. The normalized spacial score (nSPS) is 13.5. The van der Waals surface area contributed by atoms with E-state index in [9.17, 15) is 22.8 Å². The van der Waals surface area contributed by atoms with Crippen molar-refractivity contribution in [3.63, 3.8) is 0 Å². The lowest BCUT2D eigenvalue weighted by Crippen LogP contribution is -2.39. The third-order valence-corrected chi connectivity index (χ3v) is 6.46. The Labute approximate surface area is 209 Å². The van der Waals surface area contributed by atoms with Crippen molar-refractivity contribution < 1.29 is 18.0 Å². The molecule has 4 aromatic rings. The molecule has 0 aliphatic carbocycles. The van der Waals surface area contributed by atoms with E-state index in [0.29, 0.717) is 23.1 Å². The molecular weight excluding hydrogens is 485 g/mol. The lowest BCUT2D eigenvalue weighted by atomic mass is 10.0. The maximum Gasteiger partial charge on any atom is 0.449 e. The van der Waals surface area contributed by atoms with Gasteiger partial charge in [0.1, 0.15) is 5.69 Å². The molecule has 0 spiro atoms. The molecule has 2 aromatic heterocycles. The second kappa shape index (κ2) is 9.23. The van der Waals surface area contributed by atoms with Gasteiger partial charge in [0.15, 0.2) is 0 Å². The minimum atomic E-state index is -4.62. The summed E-state index contributed by atoms with van der Waals surface area (Å²) >= 11 is 0. The number of fused-ring (bicyclic) bond motifs is 2. The molecule has 1 aliphatic rings. The minimum Gasteiger partial charge on any atom is -0.387 e. The average Bonchev–Trinajstić information content (AvgIpc) is 3.29. The molecule has 11 heteroatoms. The fraction of sp³-hybridized carbons (Fsp3) is 0.231. The van der Waals surface area contributed by atoms with Gasteiger partial charge in [0.25, 0.3) is 11.5 Å². The number of alkyl halides is 3. The number of nitrogens with zero attached hydrogens (tertiary/aromatic N) is 4. The molecule has 37 heavy (non-hydrogen) atoms. The summed E-state index contributed by atoms with van der Waals surface area (Å²) in [5.74, 6) is -1.30. The average molecular weight is 509 g/mol. The van der Waals surface area contributed by atoms with E-state index in [1.807, 2.05) is 18.2 Å². The molecule has 0 atom stereocenters. The molecule has 2 N–H and O–H groups in total. The standard InChI is InChI=1S/C26H23F3N6O2/c1-15(30-2)22-21-14-34(10-11-35(21)25(31-22)26(27,28)29)24(37)17-7-5-6-16(12-17)13-20-18-8-3-4-9-19(18)23(36)33-32-20/h3-9,12,30H,1,10-11,13-14H2,2H3,(H,33,36). The molecule has 0 bridgehead atoms. The van der Waals surface area contributed by atoms with Crippen LogP contribution in [0.25, 0.3) is 16.5 Å². The molecule has 0 saturated heterocycles. The van der Waals surface area contributed by atoms with Gasteiger partial charge in [-0.05, 0) is 23.8 Å². The van der Waals surface area contributed by atoms with Crippen molar-refractivity contribution in [3.05, 3.63) is 99.5 Å². The number of carbonyl (C=O) groups is 1. The zero-order valence-electron chi connectivity index (χ0n) is 19.9. The molecule has 1 amide bonds. The van der Waals surface area contributed by atoms with Gasteiger partial charge in [0.2, 0.25) is 5.82 Å². The highest BCUT2D eigenvalue weighted by molar-refractivity contribution is 5.94. The number of hydrogen-bond donors (Lipinski definition) is 2. The Hall–Kier alpha value is -4.41. The van der Waals surface area contributed by atoms with Gasteiger partial charge < -0.3 is 14.8 Å². The van der Waals surface area contributed by atoms with Crippen LogP contribution in [0.1, 0.15) is 38.8 Å². The number of imidazole rings is 1. The minimum absolute atomic E-state index is 0.0334. The summed E-state index contributed by atoms with van der Waals surface area (Å²) in [4.78, 5) is 30.8. The first kappa shape index (κ1) is 24.3. The fourth-order valence-electron chi connectivity index (χ4n) is 4.61. The van der Waals surface area contributed by atoms with Gasteiger partial charge in [-0.3, -0.25) is 9.59 Å². The van der Waals surface area contributed by atoms with Gasteiger partial charge in [-0.1, -0.05) is 36.9 Å². The molecule has 190 valence electrons. The van der Waals surface area contributed by atoms with E-state index in [1.54, 1.807) is 37.4 Å². The monoisotopic (exact) mass is 508 g/mol. The smallest absolute Gasteiger partial charge is 0.387 e. The van der Waals surface area contributed by atoms with Crippen LogP contribution in [0.4, 0.5) is 13.2 Å². The molecule has 2 aromatic carbocycles. The molecule has 3 heterocycles. The molecular formula is C26H23F3N6O2. The summed E-state index contributed by atoms with van der Waals surface area (Å²) in [5, 5.41) is 10.7. The molecule has 0 unspecified atom stereocenters. The summed E-state index contributed by atoms with van der Waals surface area (Å²) < 4.78 is 41.9. The molecule has 0 fully saturated rings. The molecule has 5 rings (SSSR count). The zero-order valence-corrected chi connectivity index (χ0v) is 19.9. The third kappa shape index (κ3) is 4.48. The number of halogens is 3. The van der Waals surface area contributed by atoms with E-state index >= 15 is 0 Å². The van der Waals surface area contributed by atoms with Crippen LogP contribution >= 0.6 is 0 Å². The van der Waals surface area contributed by atoms with Crippen molar-refractivity contribution in [1.82, 2.24) is 30.0 Å². The van der Waals surface area contributed by atoms with Gasteiger partial charge >= 0.3 is 6.18 Å². The Morgan fingerprint density at radius 2 is 1.89 bits per heavy atom. The summed E-state index contributed by atoms with van der Waals surface area (Å²) in [5.41, 5.74) is 2.23. The van der Waals surface area contributed by atoms with Crippen LogP contribution in [0.15, 0.2) is 59.9 Å². The van der Waals surface area contributed by atoms with Crippen LogP contribution in [-0.2, 0) is 25.7 Å². The Balaban J connectivity index is 1.42. The van der Waals surface area contributed by atoms with E-state index in [4.69, 9.17) is 0 Å². The van der Waals surface area contributed by atoms with Crippen LogP contribution < -0.4 is 10.9 Å². The van der Waals surface area contributed by atoms with Crippen molar-refractivity contribution in [1.29, 1.82) is 0 Å². The number of amides is 1. The lowest BCUT2D eigenvalue weighted by molar-refractivity contribution is -0.147. The van der Waals surface area contributed by atoms with E-state index in [2.05, 4.69) is 27.1 Å². The van der Waals surface area contributed by atoms with Gasteiger partial charge in [0, 0.05) is 37.5 Å². The van der Waals surface area contributed by atoms with Crippen LogP contribution in [0.3, 0.4) is 0 Å². The number of H-pyrrole nitrogens is 1. The predicted octanol–water partition coefficient (Wildman–Crippen LogP) is 3.58. The van der Waals surface area contributed by atoms with Crippen molar-refractivity contribution in [2.75, 3.05) is 13.6 Å². The van der Waals surface area contributed by atoms with Gasteiger partial charge in [-0.25, -0.2) is 10.1 Å². The number of benzene rings is 2. The van der Waals surface area contributed by atoms with E-state index in [1.165, 1.54) is 4.90 Å². The molecule has 1 aliphatic heterocycles. The largest absolute Gasteiger partial charge is 0.449 e. The van der Waals surface area contributed by atoms with Gasteiger partial charge in [-0.2, -0.15) is 18.3 Å². The van der Waals surface area contributed by atoms with Crippen LogP contribution in [0.5, 0.6) is 0 Å². The predicted molar refractivity (Wildman–Crippen MR) is 132 cm³/mol.